The number of hydrogen-bond donors (Lipinski definition) is 1. The van der Waals surface area contributed by atoms with Gasteiger partial charge in [0, 0.05) is 30.6 Å². The number of benzene rings is 1. The van der Waals surface area contributed by atoms with Crippen molar-refractivity contribution >= 4 is 17.5 Å². The maximum atomic E-state index is 11.9. The van der Waals surface area contributed by atoms with Gasteiger partial charge in [0.1, 0.15) is 0 Å². The van der Waals surface area contributed by atoms with E-state index in [1.54, 1.807) is 0 Å². The molecule has 3 rings (SSSR count). The van der Waals surface area contributed by atoms with Crippen LogP contribution >= 0.6 is 0 Å². The van der Waals surface area contributed by atoms with E-state index >= 15 is 0 Å². The van der Waals surface area contributed by atoms with Crippen LogP contribution in [0.4, 0.5) is 5.69 Å². The Balaban J connectivity index is 1.41. The molecule has 0 bridgehead atoms. The van der Waals surface area contributed by atoms with E-state index in [0.29, 0.717) is 19.4 Å². The van der Waals surface area contributed by atoms with Gasteiger partial charge in [-0.2, -0.15) is 0 Å². The maximum absolute atomic E-state index is 11.9. The first-order valence-corrected chi connectivity index (χ1v) is 9.88. The average Bonchev–Trinajstić information content (AvgIpc) is 3.18. The van der Waals surface area contributed by atoms with Crippen LogP contribution in [-0.2, 0) is 9.59 Å². The summed E-state index contributed by atoms with van der Waals surface area (Å²) in [7, 11) is 0. The number of piperidine rings is 1. The van der Waals surface area contributed by atoms with Crippen LogP contribution in [0.2, 0.25) is 0 Å². The second-order valence-corrected chi connectivity index (χ2v) is 7.32. The van der Waals surface area contributed by atoms with E-state index in [-0.39, 0.29) is 11.8 Å². The summed E-state index contributed by atoms with van der Waals surface area (Å²) in [4.78, 5) is 25.6. The number of nitrogens with one attached hydrogen (secondary N) is 1. The predicted octanol–water partition coefficient (Wildman–Crippen LogP) is 3.64. The van der Waals surface area contributed by atoms with Gasteiger partial charge in [-0.25, -0.2) is 0 Å². The molecular weight excluding hydrogens is 324 g/mol. The standard InChI is InChI=1S/C22H28N2O2/c25-21(15-12-18-6-1-2-7-18)23-16-5-8-19-10-13-20(14-11-19)24-17-4-3-9-22(24)26/h10-11,13-14,18H,1-4,6-7,9,12,15-17H2,(H,23,25). The second kappa shape index (κ2) is 9.43. The molecule has 2 aliphatic rings. The van der Waals surface area contributed by atoms with Gasteiger partial charge in [0.05, 0.1) is 6.54 Å². The van der Waals surface area contributed by atoms with E-state index in [4.69, 9.17) is 0 Å². The van der Waals surface area contributed by atoms with E-state index in [1.165, 1.54) is 25.7 Å². The van der Waals surface area contributed by atoms with Crippen LogP contribution in [-0.4, -0.2) is 24.9 Å². The minimum Gasteiger partial charge on any atom is -0.345 e. The van der Waals surface area contributed by atoms with Gasteiger partial charge >= 0.3 is 0 Å². The lowest BCUT2D eigenvalue weighted by Gasteiger charge is -2.26. The number of rotatable bonds is 5. The van der Waals surface area contributed by atoms with Gasteiger partial charge in [0.25, 0.3) is 0 Å². The number of carbonyl (C=O) groups excluding carboxylic acids is 2. The number of amides is 2. The van der Waals surface area contributed by atoms with Crippen molar-refractivity contribution < 1.29 is 9.59 Å². The van der Waals surface area contributed by atoms with Crippen molar-refractivity contribution in [2.75, 3.05) is 18.0 Å². The summed E-state index contributed by atoms with van der Waals surface area (Å²) in [6, 6.07) is 7.78. The van der Waals surface area contributed by atoms with E-state index in [2.05, 4.69) is 17.2 Å². The fourth-order valence-electron chi connectivity index (χ4n) is 3.82. The molecule has 0 unspecified atom stereocenters. The number of nitrogens with zero attached hydrogens (tertiary/aromatic N) is 1. The highest BCUT2D eigenvalue weighted by atomic mass is 16.2. The number of hydrogen-bond acceptors (Lipinski definition) is 2. The molecule has 0 aromatic heterocycles. The third-order valence-corrected chi connectivity index (χ3v) is 5.36. The monoisotopic (exact) mass is 352 g/mol. The Labute approximate surface area is 156 Å². The summed E-state index contributed by atoms with van der Waals surface area (Å²) >= 11 is 0. The third-order valence-electron chi connectivity index (χ3n) is 5.36. The first kappa shape index (κ1) is 18.5. The lowest BCUT2D eigenvalue weighted by Crippen LogP contribution is -2.35. The molecule has 4 heteroatoms. The molecule has 1 saturated carbocycles. The van der Waals surface area contributed by atoms with Crippen LogP contribution in [0, 0.1) is 17.8 Å². The number of anilines is 1. The van der Waals surface area contributed by atoms with E-state index < -0.39 is 0 Å². The molecule has 2 amide bonds. The normalized spacial score (nSPS) is 17.7. The Morgan fingerprint density at radius 2 is 1.88 bits per heavy atom. The molecular formula is C22H28N2O2. The van der Waals surface area contributed by atoms with Gasteiger partial charge in [-0.15, -0.1) is 0 Å². The summed E-state index contributed by atoms with van der Waals surface area (Å²) in [5, 5.41) is 2.88. The molecule has 1 aliphatic carbocycles. The summed E-state index contributed by atoms with van der Waals surface area (Å²) in [5.41, 5.74) is 1.85. The van der Waals surface area contributed by atoms with E-state index in [1.807, 2.05) is 29.2 Å². The Morgan fingerprint density at radius 3 is 2.62 bits per heavy atom. The Morgan fingerprint density at radius 1 is 1.12 bits per heavy atom. The maximum Gasteiger partial charge on any atom is 0.226 e. The van der Waals surface area contributed by atoms with Crippen molar-refractivity contribution in [1.82, 2.24) is 5.32 Å². The molecule has 1 N–H and O–H groups in total. The lowest BCUT2D eigenvalue weighted by atomic mass is 10.0. The summed E-state index contributed by atoms with van der Waals surface area (Å²) in [6.07, 6.45) is 9.53. The zero-order chi connectivity index (χ0) is 18.2. The van der Waals surface area contributed by atoms with Gasteiger partial charge in [-0.1, -0.05) is 37.5 Å². The van der Waals surface area contributed by atoms with Crippen molar-refractivity contribution in [3.8, 4) is 11.8 Å². The van der Waals surface area contributed by atoms with Crippen LogP contribution in [0.1, 0.15) is 63.4 Å². The first-order valence-electron chi connectivity index (χ1n) is 9.88. The van der Waals surface area contributed by atoms with Crippen LogP contribution in [0.25, 0.3) is 0 Å². The van der Waals surface area contributed by atoms with Crippen LogP contribution in [0.15, 0.2) is 24.3 Å². The molecule has 2 fully saturated rings. The minimum atomic E-state index is 0.102. The Hall–Kier alpha value is -2.28. The molecule has 1 heterocycles. The summed E-state index contributed by atoms with van der Waals surface area (Å²) < 4.78 is 0. The topological polar surface area (TPSA) is 49.4 Å². The fraction of sp³-hybridized carbons (Fsp3) is 0.545. The van der Waals surface area contributed by atoms with Crippen LogP contribution < -0.4 is 10.2 Å². The zero-order valence-electron chi connectivity index (χ0n) is 15.4. The molecule has 0 spiro atoms. The smallest absolute Gasteiger partial charge is 0.226 e. The van der Waals surface area contributed by atoms with Gasteiger partial charge in [0.15, 0.2) is 0 Å². The van der Waals surface area contributed by atoms with Crippen molar-refractivity contribution in [2.24, 2.45) is 5.92 Å². The number of carbonyl (C=O) groups is 2. The predicted molar refractivity (Wildman–Crippen MR) is 104 cm³/mol. The molecule has 4 nitrogen and oxygen atoms in total. The van der Waals surface area contributed by atoms with E-state index in [9.17, 15) is 9.59 Å². The first-order chi connectivity index (χ1) is 12.7. The fourth-order valence-corrected chi connectivity index (χ4v) is 3.82. The highest BCUT2D eigenvalue weighted by Crippen LogP contribution is 2.28. The SMILES string of the molecule is O=C(CCC1CCCC1)NCC#Cc1ccc(N2CCCCC2=O)cc1. The molecule has 1 aliphatic heterocycles. The molecule has 1 aromatic carbocycles. The highest BCUT2D eigenvalue weighted by Gasteiger charge is 2.19. The Kier molecular flexibility index (Phi) is 6.71. The van der Waals surface area contributed by atoms with Crippen molar-refractivity contribution in [1.29, 1.82) is 0 Å². The molecule has 0 radical (unpaired) electrons. The minimum absolute atomic E-state index is 0.102. The van der Waals surface area contributed by atoms with Crippen molar-refractivity contribution in [3.63, 3.8) is 0 Å². The van der Waals surface area contributed by atoms with Crippen LogP contribution in [0.3, 0.4) is 0 Å². The van der Waals surface area contributed by atoms with Crippen molar-refractivity contribution in [3.05, 3.63) is 29.8 Å². The second-order valence-electron chi connectivity index (χ2n) is 7.32. The Bertz CT molecular complexity index is 678. The molecule has 1 aromatic rings. The molecule has 0 atom stereocenters. The average molecular weight is 352 g/mol. The molecule has 26 heavy (non-hydrogen) atoms. The summed E-state index contributed by atoms with van der Waals surface area (Å²) in [6.45, 7) is 1.19. The summed E-state index contributed by atoms with van der Waals surface area (Å²) in [5.74, 6) is 7.13. The quantitative estimate of drug-likeness (QED) is 0.823. The van der Waals surface area contributed by atoms with Gasteiger partial charge in [-0.3, -0.25) is 9.59 Å². The van der Waals surface area contributed by atoms with Gasteiger partial charge in [0.2, 0.25) is 11.8 Å². The van der Waals surface area contributed by atoms with Gasteiger partial charge < -0.3 is 10.2 Å². The van der Waals surface area contributed by atoms with Gasteiger partial charge in [-0.05, 0) is 49.4 Å². The van der Waals surface area contributed by atoms with Crippen LogP contribution in [0.5, 0.6) is 0 Å². The largest absolute Gasteiger partial charge is 0.345 e. The highest BCUT2D eigenvalue weighted by molar-refractivity contribution is 5.94. The zero-order valence-corrected chi connectivity index (χ0v) is 15.4. The van der Waals surface area contributed by atoms with Crippen molar-refractivity contribution in [2.45, 2.75) is 57.8 Å². The molecule has 1 saturated heterocycles. The van der Waals surface area contributed by atoms with E-state index in [0.717, 1.165) is 43.0 Å². The third kappa shape index (κ3) is 5.36. The molecule has 138 valence electrons. The lowest BCUT2D eigenvalue weighted by molar-refractivity contribution is -0.121.